The van der Waals surface area contributed by atoms with E-state index >= 15 is 0 Å². The predicted molar refractivity (Wildman–Crippen MR) is 83.5 cm³/mol. The van der Waals surface area contributed by atoms with Crippen LogP contribution in [0.3, 0.4) is 0 Å². The van der Waals surface area contributed by atoms with Gasteiger partial charge in [0.2, 0.25) is 0 Å². The van der Waals surface area contributed by atoms with Crippen molar-refractivity contribution in [3.63, 3.8) is 0 Å². The van der Waals surface area contributed by atoms with Crippen molar-refractivity contribution in [2.75, 3.05) is 6.61 Å². The molecule has 0 saturated carbocycles. The molecule has 1 nitrogen and oxygen atoms in total. The second kappa shape index (κ2) is 6.53. The summed E-state index contributed by atoms with van der Waals surface area (Å²) in [6.45, 7) is 0.740. The van der Waals surface area contributed by atoms with Gasteiger partial charge in [-0.25, -0.2) is 0 Å². The predicted octanol–water partition coefficient (Wildman–Crippen LogP) is 4.49. The van der Waals surface area contributed by atoms with Crippen LogP contribution in [-0.4, -0.2) is 12.7 Å². The monoisotopic (exact) mass is 264 g/mol. The van der Waals surface area contributed by atoms with Gasteiger partial charge in [0.05, 0.1) is 12.7 Å². The van der Waals surface area contributed by atoms with Gasteiger partial charge in [0.15, 0.2) is 0 Å². The van der Waals surface area contributed by atoms with Crippen molar-refractivity contribution in [2.24, 2.45) is 0 Å². The van der Waals surface area contributed by atoms with E-state index in [1.54, 1.807) is 0 Å². The van der Waals surface area contributed by atoms with Crippen molar-refractivity contribution in [1.29, 1.82) is 0 Å². The van der Waals surface area contributed by atoms with Crippen molar-refractivity contribution in [1.82, 2.24) is 0 Å². The SMILES string of the molecule is C1=C(c2ccccc2)C[C@H](CCc2ccccc2)OC1. The first-order valence-electron chi connectivity index (χ1n) is 7.32. The lowest BCUT2D eigenvalue weighted by molar-refractivity contribution is 0.0650. The van der Waals surface area contributed by atoms with Gasteiger partial charge in [-0.15, -0.1) is 0 Å². The Morgan fingerprint density at radius 2 is 1.60 bits per heavy atom. The minimum Gasteiger partial charge on any atom is -0.374 e. The zero-order valence-electron chi connectivity index (χ0n) is 11.7. The Kier molecular flexibility index (Phi) is 4.29. The van der Waals surface area contributed by atoms with E-state index in [4.69, 9.17) is 4.74 Å². The Bertz CT molecular complexity index is 557. The molecule has 0 saturated heterocycles. The summed E-state index contributed by atoms with van der Waals surface area (Å²) in [7, 11) is 0. The lowest BCUT2D eigenvalue weighted by Crippen LogP contribution is -2.19. The average Bonchev–Trinajstić information content (AvgIpc) is 2.55. The topological polar surface area (TPSA) is 9.23 Å². The van der Waals surface area contributed by atoms with Crippen LogP contribution < -0.4 is 0 Å². The largest absolute Gasteiger partial charge is 0.374 e. The van der Waals surface area contributed by atoms with Gasteiger partial charge in [-0.1, -0.05) is 66.7 Å². The van der Waals surface area contributed by atoms with Crippen molar-refractivity contribution in [3.8, 4) is 0 Å². The van der Waals surface area contributed by atoms with Gasteiger partial charge < -0.3 is 4.74 Å². The highest BCUT2D eigenvalue weighted by molar-refractivity contribution is 5.66. The van der Waals surface area contributed by atoms with E-state index in [0.717, 1.165) is 25.9 Å². The highest BCUT2D eigenvalue weighted by Crippen LogP contribution is 2.26. The Balaban J connectivity index is 1.59. The van der Waals surface area contributed by atoms with Gasteiger partial charge in [0.1, 0.15) is 0 Å². The third-order valence-corrected chi connectivity index (χ3v) is 3.85. The summed E-state index contributed by atoms with van der Waals surface area (Å²) in [6.07, 6.45) is 5.77. The minimum atomic E-state index is 0.343. The molecule has 1 aliphatic rings. The fourth-order valence-corrected chi connectivity index (χ4v) is 2.72. The molecule has 0 fully saturated rings. The smallest absolute Gasteiger partial charge is 0.0657 e. The highest BCUT2D eigenvalue weighted by atomic mass is 16.5. The Morgan fingerprint density at radius 1 is 0.900 bits per heavy atom. The molecule has 102 valence electrons. The van der Waals surface area contributed by atoms with Crippen LogP contribution in [0.15, 0.2) is 66.7 Å². The third-order valence-electron chi connectivity index (χ3n) is 3.85. The van der Waals surface area contributed by atoms with Gasteiger partial charge in [0, 0.05) is 0 Å². The van der Waals surface area contributed by atoms with E-state index in [-0.39, 0.29) is 0 Å². The quantitative estimate of drug-likeness (QED) is 0.790. The van der Waals surface area contributed by atoms with Gasteiger partial charge in [-0.2, -0.15) is 0 Å². The van der Waals surface area contributed by atoms with Crippen molar-refractivity contribution < 1.29 is 4.74 Å². The Morgan fingerprint density at radius 3 is 2.35 bits per heavy atom. The minimum absolute atomic E-state index is 0.343. The fraction of sp³-hybridized carbons (Fsp3) is 0.263. The van der Waals surface area contributed by atoms with E-state index in [1.165, 1.54) is 16.7 Å². The van der Waals surface area contributed by atoms with E-state index in [0.29, 0.717) is 6.10 Å². The molecule has 2 aromatic rings. The van der Waals surface area contributed by atoms with Crippen LogP contribution >= 0.6 is 0 Å². The van der Waals surface area contributed by atoms with Crippen molar-refractivity contribution in [3.05, 3.63) is 77.9 Å². The molecule has 2 aromatic carbocycles. The van der Waals surface area contributed by atoms with E-state index in [9.17, 15) is 0 Å². The van der Waals surface area contributed by atoms with Crippen molar-refractivity contribution >= 4 is 5.57 Å². The maximum atomic E-state index is 5.88. The molecule has 0 N–H and O–H groups in total. The summed E-state index contributed by atoms with van der Waals surface area (Å²) in [6, 6.07) is 21.3. The van der Waals surface area contributed by atoms with Gasteiger partial charge in [-0.05, 0) is 36.0 Å². The van der Waals surface area contributed by atoms with Crippen LogP contribution in [0, 0.1) is 0 Å². The Hall–Kier alpha value is -1.86. The molecule has 1 heteroatoms. The first-order valence-corrected chi connectivity index (χ1v) is 7.32. The number of rotatable bonds is 4. The molecule has 3 rings (SSSR count). The fourth-order valence-electron chi connectivity index (χ4n) is 2.72. The molecule has 1 atom stereocenters. The zero-order chi connectivity index (χ0) is 13.6. The second-order valence-corrected chi connectivity index (χ2v) is 5.28. The molecular weight excluding hydrogens is 244 g/mol. The molecule has 1 heterocycles. The lowest BCUT2D eigenvalue weighted by Gasteiger charge is -2.23. The van der Waals surface area contributed by atoms with Crippen LogP contribution in [0.1, 0.15) is 24.0 Å². The number of ether oxygens (including phenoxy) is 1. The molecular formula is C19H20O. The maximum absolute atomic E-state index is 5.88. The van der Waals surface area contributed by atoms with Crippen molar-refractivity contribution in [2.45, 2.75) is 25.4 Å². The third kappa shape index (κ3) is 3.37. The number of hydrogen-bond donors (Lipinski definition) is 0. The average molecular weight is 264 g/mol. The summed E-state index contributed by atoms with van der Waals surface area (Å²) in [4.78, 5) is 0. The molecule has 0 amide bonds. The van der Waals surface area contributed by atoms with Gasteiger partial charge in [0.25, 0.3) is 0 Å². The molecule has 0 aliphatic carbocycles. The summed E-state index contributed by atoms with van der Waals surface area (Å²) in [5.41, 5.74) is 4.15. The molecule has 0 radical (unpaired) electrons. The second-order valence-electron chi connectivity index (χ2n) is 5.28. The first-order chi connectivity index (χ1) is 9.92. The van der Waals surface area contributed by atoms with Crippen LogP contribution in [0.4, 0.5) is 0 Å². The lowest BCUT2D eigenvalue weighted by atomic mass is 9.95. The number of benzene rings is 2. The standard InChI is InChI=1S/C19H20O/c1-3-7-16(8-4-1)11-12-19-15-18(13-14-20-19)17-9-5-2-6-10-17/h1-10,13,19H,11-12,14-15H2/t19-/m0/s1. The molecule has 0 spiro atoms. The Labute approximate surface area is 120 Å². The summed E-state index contributed by atoms with van der Waals surface area (Å²) in [5.74, 6) is 0. The van der Waals surface area contributed by atoms with Gasteiger partial charge >= 0.3 is 0 Å². The molecule has 0 bridgehead atoms. The molecule has 0 aromatic heterocycles. The van der Waals surface area contributed by atoms with Crippen LogP contribution in [-0.2, 0) is 11.2 Å². The number of hydrogen-bond acceptors (Lipinski definition) is 1. The number of aryl methyl sites for hydroxylation is 1. The maximum Gasteiger partial charge on any atom is 0.0657 e. The first kappa shape index (κ1) is 13.1. The van der Waals surface area contributed by atoms with Gasteiger partial charge in [-0.3, -0.25) is 0 Å². The molecule has 0 unspecified atom stereocenters. The van der Waals surface area contributed by atoms with E-state index < -0.39 is 0 Å². The summed E-state index contributed by atoms with van der Waals surface area (Å²) < 4.78 is 5.88. The van der Waals surface area contributed by atoms with E-state index in [1.807, 2.05) is 0 Å². The van der Waals surface area contributed by atoms with Crippen LogP contribution in [0.25, 0.3) is 5.57 Å². The van der Waals surface area contributed by atoms with Crippen LogP contribution in [0.2, 0.25) is 0 Å². The van der Waals surface area contributed by atoms with Crippen LogP contribution in [0.5, 0.6) is 0 Å². The zero-order valence-corrected chi connectivity index (χ0v) is 11.7. The van der Waals surface area contributed by atoms with E-state index in [2.05, 4.69) is 66.7 Å². The highest BCUT2D eigenvalue weighted by Gasteiger charge is 2.16. The molecule has 1 aliphatic heterocycles. The molecule has 20 heavy (non-hydrogen) atoms. The summed E-state index contributed by atoms with van der Waals surface area (Å²) in [5, 5.41) is 0. The summed E-state index contributed by atoms with van der Waals surface area (Å²) >= 11 is 0. The normalized spacial score (nSPS) is 18.6.